The lowest BCUT2D eigenvalue weighted by Gasteiger charge is -2.18. The highest BCUT2D eigenvalue weighted by Crippen LogP contribution is 2.20. The predicted octanol–water partition coefficient (Wildman–Crippen LogP) is 4.23. The van der Waals surface area contributed by atoms with Crippen molar-refractivity contribution in [1.29, 1.82) is 0 Å². The fourth-order valence-electron chi connectivity index (χ4n) is 2.59. The number of thioether (sulfide) groups is 1. The number of nitrogens with zero attached hydrogens (tertiary/aromatic N) is 1. The Hall–Kier alpha value is -1.83. The molecule has 0 radical (unpaired) electrons. The molecular formula is C20H26N2O3S2. The highest BCUT2D eigenvalue weighted by atomic mass is 32.2. The van der Waals surface area contributed by atoms with Crippen molar-refractivity contribution in [3.8, 4) is 0 Å². The molecule has 5 nitrogen and oxygen atoms in total. The van der Waals surface area contributed by atoms with E-state index in [0.717, 1.165) is 12.2 Å². The van der Waals surface area contributed by atoms with Gasteiger partial charge in [0.15, 0.2) is 0 Å². The van der Waals surface area contributed by atoms with Gasteiger partial charge in [0.1, 0.15) is 0 Å². The Morgan fingerprint density at radius 2 is 1.63 bits per heavy atom. The molecule has 0 fully saturated rings. The number of anilines is 1. The van der Waals surface area contributed by atoms with Gasteiger partial charge in [-0.05, 0) is 48.6 Å². The molecule has 0 spiro atoms. The van der Waals surface area contributed by atoms with Gasteiger partial charge >= 0.3 is 0 Å². The average molecular weight is 407 g/mol. The van der Waals surface area contributed by atoms with Crippen LogP contribution in [0.1, 0.15) is 26.7 Å². The zero-order chi connectivity index (χ0) is 19.7. The van der Waals surface area contributed by atoms with Crippen LogP contribution in [0.3, 0.4) is 0 Å². The molecular weight excluding hydrogens is 380 g/mol. The maximum absolute atomic E-state index is 12.5. The maximum Gasteiger partial charge on any atom is 0.243 e. The van der Waals surface area contributed by atoms with E-state index in [4.69, 9.17) is 0 Å². The van der Waals surface area contributed by atoms with E-state index in [-0.39, 0.29) is 10.8 Å². The largest absolute Gasteiger partial charge is 0.326 e. The van der Waals surface area contributed by atoms with E-state index in [1.807, 2.05) is 32.0 Å². The third-order valence-corrected chi connectivity index (χ3v) is 7.20. The van der Waals surface area contributed by atoms with E-state index < -0.39 is 10.0 Å². The molecule has 2 aromatic carbocycles. The van der Waals surface area contributed by atoms with Gasteiger partial charge in [0.05, 0.1) is 4.90 Å². The van der Waals surface area contributed by atoms with Gasteiger partial charge in [0.25, 0.3) is 0 Å². The third-order valence-electron chi connectivity index (χ3n) is 4.04. The van der Waals surface area contributed by atoms with Crippen LogP contribution < -0.4 is 5.32 Å². The minimum absolute atomic E-state index is 0.0667. The summed E-state index contributed by atoms with van der Waals surface area (Å²) >= 11 is 1.73. The highest BCUT2D eigenvalue weighted by molar-refractivity contribution is 7.99. The number of carbonyl (C=O) groups excluding carboxylic acids is 1. The number of rotatable bonds is 10. The van der Waals surface area contributed by atoms with Crippen molar-refractivity contribution in [2.24, 2.45) is 0 Å². The van der Waals surface area contributed by atoms with Gasteiger partial charge in [0, 0.05) is 30.1 Å². The molecule has 7 heteroatoms. The molecule has 2 rings (SSSR count). The van der Waals surface area contributed by atoms with Crippen LogP contribution in [0.5, 0.6) is 0 Å². The standard InChI is InChI=1S/C20H26N2O3S2/c1-3-22(4-2)27(24,25)19-14-12-17(13-15-19)21-20(23)11-8-16-26-18-9-6-5-7-10-18/h5-7,9-10,12-15H,3-4,8,11,16H2,1-2H3,(H,21,23). The Morgan fingerprint density at radius 3 is 2.22 bits per heavy atom. The Morgan fingerprint density at radius 1 is 1.00 bits per heavy atom. The first-order chi connectivity index (χ1) is 13.0. The normalized spacial score (nSPS) is 11.5. The number of carbonyl (C=O) groups is 1. The Bertz CT molecular complexity index is 818. The van der Waals surface area contributed by atoms with Crippen molar-refractivity contribution in [2.75, 3.05) is 24.2 Å². The quantitative estimate of drug-likeness (QED) is 0.474. The summed E-state index contributed by atoms with van der Waals surface area (Å²) in [5, 5.41) is 2.82. The summed E-state index contributed by atoms with van der Waals surface area (Å²) < 4.78 is 26.3. The van der Waals surface area contributed by atoms with Gasteiger partial charge in [-0.2, -0.15) is 4.31 Å². The predicted molar refractivity (Wildman–Crippen MR) is 112 cm³/mol. The van der Waals surface area contributed by atoms with Crippen molar-refractivity contribution in [1.82, 2.24) is 4.31 Å². The van der Waals surface area contributed by atoms with E-state index in [1.54, 1.807) is 23.9 Å². The van der Waals surface area contributed by atoms with E-state index in [2.05, 4.69) is 17.4 Å². The van der Waals surface area contributed by atoms with Gasteiger partial charge in [-0.15, -0.1) is 11.8 Å². The highest BCUT2D eigenvalue weighted by Gasteiger charge is 2.21. The van der Waals surface area contributed by atoms with Crippen molar-refractivity contribution in [3.05, 3.63) is 54.6 Å². The number of benzene rings is 2. The second-order valence-electron chi connectivity index (χ2n) is 5.93. The second-order valence-corrected chi connectivity index (χ2v) is 9.03. The summed E-state index contributed by atoms with van der Waals surface area (Å²) in [6.45, 7) is 4.48. The SMILES string of the molecule is CCN(CC)S(=O)(=O)c1ccc(NC(=O)CCCSc2ccccc2)cc1. The summed E-state index contributed by atoms with van der Waals surface area (Å²) in [5.74, 6) is 0.807. The van der Waals surface area contributed by atoms with Crippen LogP contribution >= 0.6 is 11.8 Å². The molecule has 0 aliphatic carbocycles. The number of amides is 1. The van der Waals surface area contributed by atoms with Crippen molar-refractivity contribution < 1.29 is 13.2 Å². The molecule has 0 atom stereocenters. The zero-order valence-corrected chi connectivity index (χ0v) is 17.4. The molecule has 146 valence electrons. The monoisotopic (exact) mass is 406 g/mol. The Balaban J connectivity index is 1.82. The molecule has 0 saturated heterocycles. The average Bonchev–Trinajstić information content (AvgIpc) is 2.67. The molecule has 27 heavy (non-hydrogen) atoms. The van der Waals surface area contributed by atoms with Gasteiger partial charge in [-0.3, -0.25) is 4.79 Å². The first-order valence-electron chi connectivity index (χ1n) is 9.05. The molecule has 0 aromatic heterocycles. The van der Waals surface area contributed by atoms with Crippen LogP contribution in [0, 0.1) is 0 Å². The van der Waals surface area contributed by atoms with Crippen LogP contribution in [0.25, 0.3) is 0 Å². The molecule has 1 amide bonds. The number of sulfonamides is 1. The fraction of sp³-hybridized carbons (Fsp3) is 0.350. The first-order valence-corrected chi connectivity index (χ1v) is 11.5. The van der Waals surface area contributed by atoms with Crippen LogP contribution in [0.15, 0.2) is 64.4 Å². The maximum atomic E-state index is 12.5. The van der Waals surface area contributed by atoms with Gasteiger partial charge in [-0.25, -0.2) is 8.42 Å². The topological polar surface area (TPSA) is 66.5 Å². The smallest absolute Gasteiger partial charge is 0.243 e. The number of nitrogens with one attached hydrogen (secondary N) is 1. The molecule has 0 aliphatic heterocycles. The molecule has 2 aromatic rings. The molecule has 0 bridgehead atoms. The molecule has 0 saturated carbocycles. The van der Waals surface area contributed by atoms with E-state index in [0.29, 0.717) is 25.2 Å². The number of hydrogen-bond acceptors (Lipinski definition) is 4. The van der Waals surface area contributed by atoms with E-state index in [9.17, 15) is 13.2 Å². The fourth-order valence-corrected chi connectivity index (χ4v) is 4.92. The summed E-state index contributed by atoms with van der Waals surface area (Å²) in [6, 6.07) is 16.4. The molecule has 0 heterocycles. The summed E-state index contributed by atoms with van der Waals surface area (Å²) in [4.78, 5) is 13.5. The van der Waals surface area contributed by atoms with Crippen LogP contribution in [-0.2, 0) is 14.8 Å². The molecule has 0 aliphatic rings. The van der Waals surface area contributed by atoms with Crippen LogP contribution in [0.2, 0.25) is 0 Å². The zero-order valence-electron chi connectivity index (χ0n) is 15.7. The molecule has 1 N–H and O–H groups in total. The van der Waals surface area contributed by atoms with Gasteiger partial charge in [-0.1, -0.05) is 32.0 Å². The van der Waals surface area contributed by atoms with Crippen LogP contribution in [-0.4, -0.2) is 37.5 Å². The third kappa shape index (κ3) is 6.37. The van der Waals surface area contributed by atoms with Crippen LogP contribution in [0.4, 0.5) is 5.69 Å². The first kappa shape index (κ1) is 21.5. The molecule has 0 unspecified atom stereocenters. The van der Waals surface area contributed by atoms with Crippen molar-refractivity contribution in [3.63, 3.8) is 0 Å². The summed E-state index contributed by atoms with van der Waals surface area (Å²) in [6.07, 6.45) is 1.21. The summed E-state index contributed by atoms with van der Waals surface area (Å²) in [7, 11) is -3.47. The lowest BCUT2D eigenvalue weighted by atomic mass is 10.3. The van der Waals surface area contributed by atoms with Gasteiger partial charge in [0.2, 0.25) is 15.9 Å². The number of hydrogen-bond donors (Lipinski definition) is 1. The summed E-state index contributed by atoms with van der Waals surface area (Å²) in [5.41, 5.74) is 0.606. The van der Waals surface area contributed by atoms with Crippen molar-refractivity contribution >= 4 is 33.4 Å². The second kappa shape index (κ2) is 10.5. The van der Waals surface area contributed by atoms with Crippen molar-refractivity contribution in [2.45, 2.75) is 36.5 Å². The van der Waals surface area contributed by atoms with Gasteiger partial charge < -0.3 is 5.32 Å². The lowest BCUT2D eigenvalue weighted by Crippen LogP contribution is -2.30. The minimum Gasteiger partial charge on any atom is -0.326 e. The lowest BCUT2D eigenvalue weighted by molar-refractivity contribution is -0.116. The minimum atomic E-state index is -3.47. The Labute approximate surface area is 166 Å². The Kier molecular flexibility index (Phi) is 8.34. The van der Waals surface area contributed by atoms with E-state index in [1.165, 1.54) is 21.3 Å². The van der Waals surface area contributed by atoms with E-state index >= 15 is 0 Å².